The lowest BCUT2D eigenvalue weighted by Crippen LogP contribution is -2.10. The molecule has 0 fully saturated rings. The van der Waals surface area contributed by atoms with E-state index in [1.165, 1.54) is 0 Å². The molecule has 0 aliphatic rings. The zero-order chi connectivity index (χ0) is 13.5. The summed E-state index contributed by atoms with van der Waals surface area (Å²) in [7, 11) is 0. The van der Waals surface area contributed by atoms with Gasteiger partial charge in [-0.3, -0.25) is 0 Å². The highest BCUT2D eigenvalue weighted by atomic mass is 35.5. The fourth-order valence-electron chi connectivity index (χ4n) is 1.76. The van der Waals surface area contributed by atoms with Gasteiger partial charge in [0.15, 0.2) is 0 Å². The molecular formula is C15H13ClN2O. The maximum absolute atomic E-state index is 9.04. The quantitative estimate of drug-likeness (QED) is 0.780. The van der Waals surface area contributed by atoms with Crippen LogP contribution < -0.4 is 4.74 Å². The Hall–Kier alpha value is -2.05. The Bertz CT molecular complexity index is 566. The molecule has 0 aliphatic carbocycles. The maximum atomic E-state index is 9.04. The summed E-state index contributed by atoms with van der Waals surface area (Å²) >= 11 is 5.82. The Labute approximate surface area is 117 Å². The third-order valence-electron chi connectivity index (χ3n) is 2.69. The van der Waals surface area contributed by atoms with Crippen LogP contribution in [0.25, 0.3) is 0 Å². The highest BCUT2D eigenvalue weighted by molar-refractivity contribution is 6.17. The Morgan fingerprint density at radius 1 is 1.21 bits per heavy atom. The van der Waals surface area contributed by atoms with E-state index in [1.807, 2.05) is 30.3 Å². The third kappa shape index (κ3) is 3.46. The highest BCUT2D eigenvalue weighted by Crippen LogP contribution is 2.25. The predicted octanol–water partition coefficient (Wildman–Crippen LogP) is 3.70. The molecule has 2 aromatic rings. The van der Waals surface area contributed by atoms with E-state index in [-0.39, 0.29) is 6.10 Å². The lowest BCUT2D eigenvalue weighted by molar-refractivity contribution is 0.193. The van der Waals surface area contributed by atoms with Crippen LogP contribution in [0, 0.1) is 11.3 Å². The molecule has 0 unspecified atom stereocenters. The molecule has 0 spiro atoms. The molecule has 0 saturated heterocycles. The topological polar surface area (TPSA) is 45.9 Å². The van der Waals surface area contributed by atoms with E-state index in [0.29, 0.717) is 23.7 Å². The average molecular weight is 273 g/mol. The molecule has 2 rings (SSSR count). The van der Waals surface area contributed by atoms with Crippen molar-refractivity contribution >= 4 is 11.6 Å². The summed E-state index contributed by atoms with van der Waals surface area (Å²) in [5.41, 5.74) is 1.45. The van der Waals surface area contributed by atoms with Crippen LogP contribution in [0.2, 0.25) is 0 Å². The van der Waals surface area contributed by atoms with E-state index in [9.17, 15) is 0 Å². The van der Waals surface area contributed by atoms with Crippen LogP contribution in [0.5, 0.6) is 5.88 Å². The van der Waals surface area contributed by atoms with Crippen molar-refractivity contribution in [3.63, 3.8) is 0 Å². The minimum absolute atomic E-state index is 0.194. The van der Waals surface area contributed by atoms with Crippen LogP contribution >= 0.6 is 11.6 Å². The second-order valence-electron chi connectivity index (χ2n) is 3.96. The molecule has 96 valence electrons. The van der Waals surface area contributed by atoms with E-state index >= 15 is 0 Å². The first kappa shape index (κ1) is 13.4. The summed E-state index contributed by atoms with van der Waals surface area (Å²) in [6.45, 7) is 0. The first-order chi connectivity index (χ1) is 9.35. The molecule has 19 heavy (non-hydrogen) atoms. The first-order valence-corrected chi connectivity index (χ1v) is 6.51. The summed E-state index contributed by atoms with van der Waals surface area (Å²) in [6, 6.07) is 15.3. The summed E-state index contributed by atoms with van der Waals surface area (Å²) in [5, 5.41) is 9.04. The van der Waals surface area contributed by atoms with Crippen LogP contribution in [-0.2, 0) is 0 Å². The van der Waals surface area contributed by atoms with Gasteiger partial charge in [-0.05, 0) is 17.7 Å². The monoisotopic (exact) mass is 272 g/mol. The number of rotatable bonds is 5. The molecule has 0 aliphatic heterocycles. The third-order valence-corrected chi connectivity index (χ3v) is 2.91. The van der Waals surface area contributed by atoms with Gasteiger partial charge < -0.3 is 4.74 Å². The maximum Gasteiger partial charge on any atom is 0.232 e. The predicted molar refractivity (Wildman–Crippen MR) is 74.1 cm³/mol. The molecule has 0 N–H and O–H groups in total. The Morgan fingerprint density at radius 3 is 2.68 bits per heavy atom. The molecule has 0 amide bonds. The van der Waals surface area contributed by atoms with Crippen LogP contribution in [-0.4, -0.2) is 10.9 Å². The van der Waals surface area contributed by atoms with Crippen molar-refractivity contribution in [3.8, 4) is 11.9 Å². The standard InChI is InChI=1S/C15H13ClN2O/c16-9-8-14(12-5-2-1-3-6-12)19-15-13(11-17)7-4-10-18-15/h1-7,10,14H,8-9H2/t14-/m1/s1. The zero-order valence-electron chi connectivity index (χ0n) is 10.3. The number of hydrogen-bond acceptors (Lipinski definition) is 3. The first-order valence-electron chi connectivity index (χ1n) is 5.98. The van der Waals surface area contributed by atoms with Gasteiger partial charge in [-0.1, -0.05) is 30.3 Å². The number of nitrogens with zero attached hydrogens (tertiary/aromatic N) is 2. The fourth-order valence-corrected chi connectivity index (χ4v) is 1.96. The molecule has 0 radical (unpaired) electrons. The Kier molecular flexibility index (Phi) is 4.77. The molecule has 0 saturated carbocycles. The Balaban J connectivity index is 2.24. The Morgan fingerprint density at radius 2 is 2.00 bits per heavy atom. The largest absolute Gasteiger partial charge is 0.468 e. The van der Waals surface area contributed by atoms with Gasteiger partial charge in [-0.25, -0.2) is 4.98 Å². The molecule has 4 heteroatoms. The minimum atomic E-state index is -0.194. The number of nitriles is 1. The summed E-state index contributed by atoms with van der Waals surface area (Å²) < 4.78 is 5.84. The molecule has 1 aromatic heterocycles. The second-order valence-corrected chi connectivity index (χ2v) is 4.34. The van der Waals surface area contributed by atoms with E-state index in [1.54, 1.807) is 18.3 Å². The summed E-state index contributed by atoms with van der Waals surface area (Å²) in [5.74, 6) is 0.831. The van der Waals surface area contributed by atoms with Crippen molar-refractivity contribution in [1.29, 1.82) is 5.26 Å². The van der Waals surface area contributed by atoms with Crippen molar-refractivity contribution < 1.29 is 4.74 Å². The van der Waals surface area contributed by atoms with Crippen molar-refractivity contribution in [3.05, 3.63) is 59.8 Å². The van der Waals surface area contributed by atoms with Gasteiger partial charge in [0.2, 0.25) is 5.88 Å². The van der Waals surface area contributed by atoms with Crippen LogP contribution in [0.15, 0.2) is 48.7 Å². The molecular weight excluding hydrogens is 260 g/mol. The zero-order valence-corrected chi connectivity index (χ0v) is 11.0. The van der Waals surface area contributed by atoms with Gasteiger partial charge in [0.1, 0.15) is 17.7 Å². The number of hydrogen-bond donors (Lipinski definition) is 0. The van der Waals surface area contributed by atoms with Crippen LogP contribution in [0.3, 0.4) is 0 Å². The van der Waals surface area contributed by atoms with Gasteiger partial charge in [-0.2, -0.15) is 5.26 Å². The van der Waals surface area contributed by atoms with Crippen LogP contribution in [0.1, 0.15) is 23.7 Å². The van der Waals surface area contributed by atoms with Gasteiger partial charge in [0, 0.05) is 18.5 Å². The van der Waals surface area contributed by atoms with Gasteiger partial charge in [0.05, 0.1) is 0 Å². The second kappa shape index (κ2) is 6.77. The van der Waals surface area contributed by atoms with E-state index < -0.39 is 0 Å². The minimum Gasteiger partial charge on any atom is -0.468 e. The smallest absolute Gasteiger partial charge is 0.232 e. The molecule has 0 bridgehead atoms. The average Bonchev–Trinajstić information content (AvgIpc) is 2.48. The van der Waals surface area contributed by atoms with Crippen molar-refractivity contribution in [2.24, 2.45) is 0 Å². The number of ether oxygens (including phenoxy) is 1. The molecule has 1 aromatic carbocycles. The van der Waals surface area contributed by atoms with E-state index in [0.717, 1.165) is 5.56 Å². The van der Waals surface area contributed by atoms with E-state index in [2.05, 4.69) is 11.1 Å². The fraction of sp³-hybridized carbons (Fsp3) is 0.200. The van der Waals surface area contributed by atoms with Gasteiger partial charge >= 0.3 is 0 Å². The molecule has 1 heterocycles. The number of halogens is 1. The molecule has 1 atom stereocenters. The van der Waals surface area contributed by atoms with E-state index in [4.69, 9.17) is 21.6 Å². The summed E-state index contributed by atoms with van der Waals surface area (Å²) in [6.07, 6.45) is 2.08. The van der Waals surface area contributed by atoms with Crippen molar-refractivity contribution in [2.45, 2.75) is 12.5 Å². The van der Waals surface area contributed by atoms with Crippen molar-refractivity contribution in [1.82, 2.24) is 4.98 Å². The van der Waals surface area contributed by atoms with Gasteiger partial charge in [0.25, 0.3) is 0 Å². The summed E-state index contributed by atoms with van der Waals surface area (Å²) in [4.78, 5) is 4.11. The number of benzene rings is 1. The van der Waals surface area contributed by atoms with Gasteiger partial charge in [-0.15, -0.1) is 11.6 Å². The molecule has 3 nitrogen and oxygen atoms in total. The van der Waals surface area contributed by atoms with Crippen LogP contribution in [0.4, 0.5) is 0 Å². The number of pyridine rings is 1. The SMILES string of the molecule is N#Cc1cccnc1O[C@H](CCCl)c1ccccc1. The van der Waals surface area contributed by atoms with Crippen molar-refractivity contribution in [2.75, 3.05) is 5.88 Å². The normalized spacial score (nSPS) is 11.6. The lowest BCUT2D eigenvalue weighted by Gasteiger charge is -2.18. The highest BCUT2D eigenvalue weighted by Gasteiger charge is 2.15. The number of alkyl halides is 1. The number of aromatic nitrogens is 1. The lowest BCUT2D eigenvalue weighted by atomic mass is 10.1.